The third kappa shape index (κ3) is 8.81. The molecule has 0 aromatic heterocycles. The van der Waals surface area contributed by atoms with Crippen LogP contribution in [0.3, 0.4) is 0 Å². The van der Waals surface area contributed by atoms with Crippen molar-refractivity contribution in [2.75, 3.05) is 51.1 Å². The maximum Gasteiger partial charge on any atom is 0.214 e. The van der Waals surface area contributed by atoms with Crippen LogP contribution in [0.25, 0.3) is 0 Å². The lowest BCUT2D eigenvalue weighted by Gasteiger charge is -2.23. The van der Waals surface area contributed by atoms with E-state index in [-0.39, 0.29) is 11.7 Å². The Hall–Kier alpha value is 0.120. The number of rotatable bonds is 12. The maximum absolute atomic E-state index is 12.2. The fraction of sp³-hybridized carbons (Fsp3) is 1.00. The van der Waals surface area contributed by atoms with Crippen LogP contribution in [-0.2, 0) is 19.5 Å². The summed E-state index contributed by atoms with van der Waals surface area (Å²) in [4.78, 5) is 0. The number of halogens is 1. The summed E-state index contributed by atoms with van der Waals surface area (Å²) in [7, 11) is -3.31. The molecule has 0 heterocycles. The second kappa shape index (κ2) is 10.9. The number of alkyl halides is 1. The minimum absolute atomic E-state index is 0.0617. The standard InChI is InChI=1S/C12H26ClNO4S/c1-4-17-8-6-14(7-9-18-5-2)19(15,16)11-12(3)10-13/h12H,4-11H2,1-3H3. The number of sulfonamides is 1. The van der Waals surface area contributed by atoms with Gasteiger partial charge >= 0.3 is 0 Å². The van der Waals surface area contributed by atoms with Gasteiger partial charge in [-0.25, -0.2) is 8.42 Å². The smallest absolute Gasteiger partial charge is 0.214 e. The molecule has 0 aliphatic carbocycles. The van der Waals surface area contributed by atoms with Crippen LogP contribution in [0.5, 0.6) is 0 Å². The highest BCUT2D eigenvalue weighted by Crippen LogP contribution is 2.09. The summed E-state index contributed by atoms with van der Waals surface area (Å²) in [5.41, 5.74) is 0. The van der Waals surface area contributed by atoms with E-state index < -0.39 is 10.0 Å². The number of hydrogen-bond donors (Lipinski definition) is 0. The van der Waals surface area contributed by atoms with Crippen LogP contribution in [0.4, 0.5) is 0 Å². The molecular weight excluding hydrogens is 290 g/mol. The first-order valence-electron chi connectivity index (χ1n) is 6.67. The molecule has 0 amide bonds. The van der Waals surface area contributed by atoms with Gasteiger partial charge in [-0.3, -0.25) is 0 Å². The topological polar surface area (TPSA) is 55.8 Å². The maximum atomic E-state index is 12.2. The van der Waals surface area contributed by atoms with Crippen molar-refractivity contribution in [1.82, 2.24) is 4.31 Å². The molecule has 0 radical (unpaired) electrons. The first-order chi connectivity index (χ1) is 8.97. The molecule has 0 spiro atoms. The van der Waals surface area contributed by atoms with Crippen molar-refractivity contribution in [3.8, 4) is 0 Å². The number of ether oxygens (including phenoxy) is 2. The first kappa shape index (κ1) is 19.1. The Kier molecular flexibility index (Phi) is 10.9. The Morgan fingerprint density at radius 1 is 1.11 bits per heavy atom. The summed E-state index contributed by atoms with van der Waals surface area (Å²) in [6.07, 6.45) is 0. The molecule has 0 rings (SSSR count). The molecule has 0 aliphatic rings. The zero-order valence-electron chi connectivity index (χ0n) is 12.1. The van der Waals surface area contributed by atoms with Gasteiger partial charge in [-0.2, -0.15) is 4.31 Å². The summed E-state index contributed by atoms with van der Waals surface area (Å²) in [6, 6.07) is 0. The molecule has 1 unspecified atom stereocenters. The molecular formula is C12H26ClNO4S. The van der Waals surface area contributed by atoms with Crippen molar-refractivity contribution in [3.05, 3.63) is 0 Å². The molecule has 0 aliphatic heterocycles. The minimum Gasteiger partial charge on any atom is -0.380 e. The third-order valence-electron chi connectivity index (χ3n) is 2.53. The SMILES string of the molecule is CCOCCN(CCOCC)S(=O)(=O)CC(C)CCl. The van der Waals surface area contributed by atoms with E-state index in [0.29, 0.717) is 45.4 Å². The van der Waals surface area contributed by atoms with E-state index in [9.17, 15) is 8.42 Å². The van der Waals surface area contributed by atoms with Gasteiger partial charge in [-0.15, -0.1) is 11.6 Å². The van der Waals surface area contributed by atoms with Gasteiger partial charge < -0.3 is 9.47 Å². The fourth-order valence-electron chi connectivity index (χ4n) is 1.52. The van der Waals surface area contributed by atoms with Crippen LogP contribution in [0.1, 0.15) is 20.8 Å². The van der Waals surface area contributed by atoms with Crippen molar-refractivity contribution in [2.24, 2.45) is 5.92 Å². The molecule has 0 bridgehead atoms. The van der Waals surface area contributed by atoms with Crippen LogP contribution in [0.2, 0.25) is 0 Å². The van der Waals surface area contributed by atoms with E-state index in [1.54, 1.807) is 0 Å². The first-order valence-corrected chi connectivity index (χ1v) is 8.81. The molecule has 0 aromatic carbocycles. The van der Waals surface area contributed by atoms with E-state index >= 15 is 0 Å². The predicted octanol–water partition coefficient (Wildman–Crippen LogP) is 1.57. The van der Waals surface area contributed by atoms with E-state index in [0.717, 1.165) is 0 Å². The van der Waals surface area contributed by atoms with Gasteiger partial charge in [0.15, 0.2) is 0 Å². The van der Waals surface area contributed by atoms with E-state index in [2.05, 4.69) is 0 Å². The highest BCUT2D eigenvalue weighted by molar-refractivity contribution is 7.89. The predicted molar refractivity (Wildman–Crippen MR) is 78.2 cm³/mol. The minimum atomic E-state index is -3.31. The molecule has 19 heavy (non-hydrogen) atoms. The van der Waals surface area contributed by atoms with Gasteiger partial charge in [0.1, 0.15) is 0 Å². The number of hydrogen-bond acceptors (Lipinski definition) is 4. The lowest BCUT2D eigenvalue weighted by molar-refractivity contribution is 0.110. The van der Waals surface area contributed by atoms with Crippen molar-refractivity contribution in [3.63, 3.8) is 0 Å². The van der Waals surface area contributed by atoms with Crippen LogP contribution >= 0.6 is 11.6 Å². The Morgan fingerprint density at radius 2 is 1.58 bits per heavy atom. The Bertz CT molecular complexity index is 301. The van der Waals surface area contributed by atoms with E-state index in [4.69, 9.17) is 21.1 Å². The van der Waals surface area contributed by atoms with Gasteiger partial charge in [0, 0.05) is 32.2 Å². The van der Waals surface area contributed by atoms with Crippen molar-refractivity contribution in [2.45, 2.75) is 20.8 Å². The molecule has 116 valence electrons. The fourth-order valence-corrected chi connectivity index (χ4v) is 3.51. The normalized spacial score (nSPS) is 13.9. The van der Waals surface area contributed by atoms with Gasteiger partial charge in [-0.05, 0) is 19.8 Å². The molecule has 0 saturated heterocycles. The highest BCUT2D eigenvalue weighted by atomic mass is 35.5. The Labute approximate surface area is 122 Å². The lowest BCUT2D eigenvalue weighted by atomic mass is 10.3. The van der Waals surface area contributed by atoms with Gasteiger partial charge in [0.2, 0.25) is 10.0 Å². The van der Waals surface area contributed by atoms with Gasteiger partial charge in [0.05, 0.1) is 19.0 Å². The van der Waals surface area contributed by atoms with Crippen LogP contribution in [0.15, 0.2) is 0 Å². The second-order valence-electron chi connectivity index (χ2n) is 4.33. The highest BCUT2D eigenvalue weighted by Gasteiger charge is 2.23. The van der Waals surface area contributed by atoms with E-state index in [1.165, 1.54) is 4.31 Å². The van der Waals surface area contributed by atoms with Crippen molar-refractivity contribution in [1.29, 1.82) is 0 Å². The third-order valence-corrected chi connectivity index (χ3v) is 5.20. The molecule has 0 fully saturated rings. The molecule has 1 atom stereocenters. The van der Waals surface area contributed by atoms with Crippen molar-refractivity contribution < 1.29 is 17.9 Å². The summed E-state index contributed by atoms with van der Waals surface area (Å²) >= 11 is 5.68. The summed E-state index contributed by atoms with van der Waals surface area (Å²) < 4.78 is 36.4. The molecule has 5 nitrogen and oxygen atoms in total. The molecule has 0 saturated carbocycles. The van der Waals surface area contributed by atoms with E-state index in [1.807, 2.05) is 20.8 Å². The monoisotopic (exact) mass is 315 g/mol. The quantitative estimate of drug-likeness (QED) is 0.405. The molecule has 0 N–H and O–H groups in total. The zero-order valence-corrected chi connectivity index (χ0v) is 13.7. The van der Waals surface area contributed by atoms with Gasteiger partial charge in [-0.1, -0.05) is 6.92 Å². The van der Waals surface area contributed by atoms with Crippen molar-refractivity contribution >= 4 is 21.6 Å². The molecule has 7 heteroatoms. The average Bonchev–Trinajstić information content (AvgIpc) is 2.36. The lowest BCUT2D eigenvalue weighted by Crippen LogP contribution is -2.39. The summed E-state index contributed by atoms with van der Waals surface area (Å²) in [6.45, 7) is 8.27. The average molecular weight is 316 g/mol. The van der Waals surface area contributed by atoms with Gasteiger partial charge in [0.25, 0.3) is 0 Å². The zero-order chi connectivity index (χ0) is 14.7. The Morgan fingerprint density at radius 3 is 1.95 bits per heavy atom. The van der Waals surface area contributed by atoms with Crippen LogP contribution in [-0.4, -0.2) is 63.9 Å². The van der Waals surface area contributed by atoms with Crippen LogP contribution in [0, 0.1) is 5.92 Å². The van der Waals surface area contributed by atoms with Crippen LogP contribution < -0.4 is 0 Å². The summed E-state index contributed by atoms with van der Waals surface area (Å²) in [5.74, 6) is 0.340. The molecule has 0 aromatic rings. The summed E-state index contributed by atoms with van der Waals surface area (Å²) in [5, 5.41) is 0. The second-order valence-corrected chi connectivity index (χ2v) is 6.65. The Balaban J connectivity index is 4.49. The number of nitrogens with zero attached hydrogens (tertiary/aromatic N) is 1. The largest absolute Gasteiger partial charge is 0.380 e.